The first-order valence-electron chi connectivity index (χ1n) is 3.73. The average molecular weight is 275 g/mol. The highest BCUT2D eigenvalue weighted by molar-refractivity contribution is 9.10. The molecule has 1 heterocycles. The third-order valence-corrected chi connectivity index (χ3v) is 2.67. The maximum absolute atomic E-state index is 11.0. The maximum atomic E-state index is 11.0. The van der Waals surface area contributed by atoms with Gasteiger partial charge in [-0.15, -0.1) is 0 Å². The van der Waals surface area contributed by atoms with Crippen LogP contribution < -0.4 is 5.73 Å². The van der Waals surface area contributed by atoms with Crippen molar-refractivity contribution < 1.29 is 4.79 Å². The van der Waals surface area contributed by atoms with Crippen LogP contribution in [0.2, 0.25) is 0 Å². The summed E-state index contributed by atoms with van der Waals surface area (Å²) < 4.78 is 0.766. The molecule has 0 spiro atoms. The molecule has 0 aliphatic carbocycles. The van der Waals surface area contributed by atoms with Crippen LogP contribution in [0.25, 0.3) is 11.0 Å². The molecule has 0 unspecified atom stereocenters. The molecule has 0 saturated carbocycles. The van der Waals surface area contributed by atoms with Gasteiger partial charge in [0.05, 0.1) is 11.1 Å². The van der Waals surface area contributed by atoms with Crippen molar-refractivity contribution in [2.45, 2.75) is 0 Å². The van der Waals surface area contributed by atoms with Gasteiger partial charge in [-0.25, -0.2) is 4.98 Å². The number of nitrogens with two attached hydrogens (primary N) is 1. The van der Waals surface area contributed by atoms with Crippen LogP contribution in [0.5, 0.6) is 0 Å². The van der Waals surface area contributed by atoms with Crippen LogP contribution in [0, 0.1) is 0 Å². The summed E-state index contributed by atoms with van der Waals surface area (Å²) in [5.41, 5.74) is 7.01. The number of H-pyrrole nitrogens is 1. The Morgan fingerprint density at radius 2 is 2.29 bits per heavy atom. The number of nitrogens with one attached hydrogen (secondary N) is 1. The van der Waals surface area contributed by atoms with E-state index in [0.717, 1.165) is 4.47 Å². The first kappa shape index (κ1) is 9.48. The molecule has 0 amide bonds. The average Bonchev–Trinajstić information content (AvgIpc) is 2.47. The minimum absolute atomic E-state index is 0.256. The molecule has 0 aliphatic rings. The lowest BCUT2D eigenvalue weighted by molar-refractivity contribution is 0.108. The fourth-order valence-electron chi connectivity index (χ4n) is 1.24. The van der Waals surface area contributed by atoms with Crippen molar-refractivity contribution in [2.24, 2.45) is 0 Å². The highest BCUT2D eigenvalue weighted by Crippen LogP contribution is 2.26. The highest BCUT2D eigenvalue weighted by Gasteiger charge is 2.12. The highest BCUT2D eigenvalue weighted by atomic mass is 79.9. The molecule has 0 fully saturated rings. The Bertz CT molecular complexity index is 523. The van der Waals surface area contributed by atoms with Crippen LogP contribution in [0.3, 0.4) is 0 Å². The van der Waals surface area contributed by atoms with Crippen LogP contribution in [0.15, 0.2) is 16.6 Å². The summed E-state index contributed by atoms with van der Waals surface area (Å²) in [4.78, 5) is 17.8. The summed E-state index contributed by atoms with van der Waals surface area (Å²) in [5, 5.41) is -0.536. The lowest BCUT2D eigenvalue weighted by Gasteiger charge is -1.96. The molecular weight excluding hydrogens is 269 g/mol. The Morgan fingerprint density at radius 3 is 2.93 bits per heavy atom. The number of fused-ring (bicyclic) bond motifs is 1. The Balaban J connectivity index is 2.87. The SMILES string of the molecule is Nc1nc2c(Br)ccc(C(=O)Cl)c2[nH]1. The number of aromatic nitrogens is 2. The zero-order chi connectivity index (χ0) is 10.3. The van der Waals surface area contributed by atoms with E-state index < -0.39 is 5.24 Å². The van der Waals surface area contributed by atoms with E-state index in [0.29, 0.717) is 16.6 Å². The number of carbonyl (C=O) groups excluding carboxylic acids is 1. The van der Waals surface area contributed by atoms with Crippen molar-refractivity contribution in [1.82, 2.24) is 9.97 Å². The quantitative estimate of drug-likeness (QED) is 0.784. The van der Waals surface area contributed by atoms with Crippen molar-refractivity contribution in [3.63, 3.8) is 0 Å². The molecule has 0 bridgehead atoms. The van der Waals surface area contributed by atoms with Crippen molar-refractivity contribution in [3.05, 3.63) is 22.2 Å². The van der Waals surface area contributed by atoms with E-state index in [1.54, 1.807) is 12.1 Å². The molecule has 14 heavy (non-hydrogen) atoms. The van der Waals surface area contributed by atoms with Gasteiger partial charge >= 0.3 is 0 Å². The minimum atomic E-state index is -0.536. The van der Waals surface area contributed by atoms with E-state index in [2.05, 4.69) is 25.9 Å². The number of hydrogen-bond acceptors (Lipinski definition) is 3. The molecular formula is C8H5BrClN3O. The second-order valence-corrected chi connectivity index (χ2v) is 3.91. The van der Waals surface area contributed by atoms with Gasteiger partial charge in [0.1, 0.15) is 5.52 Å². The van der Waals surface area contributed by atoms with Gasteiger partial charge in [0, 0.05) is 4.47 Å². The second kappa shape index (κ2) is 3.25. The van der Waals surface area contributed by atoms with Crippen LogP contribution in [-0.2, 0) is 0 Å². The summed E-state index contributed by atoms with van der Waals surface area (Å²) in [6.07, 6.45) is 0. The number of nitrogens with zero attached hydrogens (tertiary/aromatic N) is 1. The zero-order valence-electron chi connectivity index (χ0n) is 6.84. The van der Waals surface area contributed by atoms with Crippen molar-refractivity contribution >= 4 is 49.8 Å². The third kappa shape index (κ3) is 1.38. The predicted octanol–water partition coefficient (Wildman–Crippen LogP) is 2.29. The van der Waals surface area contributed by atoms with Crippen LogP contribution in [0.4, 0.5) is 5.95 Å². The van der Waals surface area contributed by atoms with E-state index in [-0.39, 0.29) is 5.95 Å². The summed E-state index contributed by atoms with van der Waals surface area (Å²) in [5.74, 6) is 0.256. The van der Waals surface area contributed by atoms with Crippen LogP contribution >= 0.6 is 27.5 Å². The molecule has 1 aromatic carbocycles. The van der Waals surface area contributed by atoms with Gasteiger partial charge < -0.3 is 10.7 Å². The summed E-state index contributed by atoms with van der Waals surface area (Å²) in [6, 6.07) is 3.32. The van der Waals surface area contributed by atoms with Gasteiger partial charge in [-0.2, -0.15) is 0 Å². The minimum Gasteiger partial charge on any atom is -0.369 e. The second-order valence-electron chi connectivity index (χ2n) is 2.71. The molecule has 4 nitrogen and oxygen atoms in total. The van der Waals surface area contributed by atoms with Crippen molar-refractivity contribution in [2.75, 3.05) is 5.73 Å². The van der Waals surface area contributed by atoms with Gasteiger partial charge in [0.15, 0.2) is 5.95 Å². The smallest absolute Gasteiger partial charge is 0.254 e. The Labute approximate surface area is 92.6 Å². The fraction of sp³-hybridized carbons (Fsp3) is 0. The molecule has 0 radical (unpaired) electrons. The molecule has 0 aliphatic heterocycles. The normalized spacial score (nSPS) is 10.7. The van der Waals surface area contributed by atoms with Gasteiger partial charge in [0.2, 0.25) is 0 Å². The molecule has 6 heteroatoms. The molecule has 0 saturated heterocycles. The fourth-order valence-corrected chi connectivity index (χ4v) is 1.82. The Kier molecular flexibility index (Phi) is 2.20. The lowest BCUT2D eigenvalue weighted by Crippen LogP contribution is -1.90. The molecule has 1 aromatic heterocycles. The Hall–Kier alpha value is -1.07. The van der Waals surface area contributed by atoms with Crippen molar-refractivity contribution in [3.8, 4) is 0 Å². The number of nitrogen functional groups attached to an aromatic ring is 1. The van der Waals surface area contributed by atoms with Crippen LogP contribution in [0.1, 0.15) is 10.4 Å². The number of halogens is 2. The van der Waals surface area contributed by atoms with Gasteiger partial charge in [0.25, 0.3) is 5.24 Å². The van der Waals surface area contributed by atoms with E-state index in [9.17, 15) is 4.79 Å². The number of benzene rings is 1. The summed E-state index contributed by atoms with van der Waals surface area (Å²) in [6.45, 7) is 0. The molecule has 72 valence electrons. The number of hydrogen-bond donors (Lipinski definition) is 2. The molecule has 2 aromatic rings. The van der Waals surface area contributed by atoms with E-state index in [4.69, 9.17) is 17.3 Å². The zero-order valence-corrected chi connectivity index (χ0v) is 9.19. The van der Waals surface area contributed by atoms with Crippen LogP contribution in [-0.4, -0.2) is 15.2 Å². The molecule has 0 atom stereocenters. The summed E-state index contributed by atoms with van der Waals surface area (Å²) in [7, 11) is 0. The number of rotatable bonds is 1. The monoisotopic (exact) mass is 273 g/mol. The molecule has 3 N–H and O–H groups in total. The van der Waals surface area contributed by atoms with Gasteiger partial charge in [-0.3, -0.25) is 4.79 Å². The largest absolute Gasteiger partial charge is 0.369 e. The standard InChI is InChI=1S/C8H5BrClN3O/c9-4-2-1-3(7(10)14)5-6(4)13-8(11)12-5/h1-2H,(H3,11,12,13). The topological polar surface area (TPSA) is 71.8 Å². The van der Waals surface area contributed by atoms with E-state index in [1.165, 1.54) is 0 Å². The number of aromatic amines is 1. The number of imidazole rings is 1. The van der Waals surface area contributed by atoms with E-state index >= 15 is 0 Å². The van der Waals surface area contributed by atoms with Crippen molar-refractivity contribution in [1.29, 1.82) is 0 Å². The maximum Gasteiger partial charge on any atom is 0.254 e. The first-order valence-corrected chi connectivity index (χ1v) is 4.90. The first-order chi connectivity index (χ1) is 6.59. The molecule has 2 rings (SSSR count). The van der Waals surface area contributed by atoms with Gasteiger partial charge in [-0.05, 0) is 39.7 Å². The predicted molar refractivity (Wildman–Crippen MR) is 58.4 cm³/mol. The number of anilines is 1. The van der Waals surface area contributed by atoms with Gasteiger partial charge in [-0.1, -0.05) is 0 Å². The Morgan fingerprint density at radius 1 is 1.57 bits per heavy atom. The number of carbonyl (C=O) groups is 1. The van der Waals surface area contributed by atoms with E-state index in [1.807, 2.05) is 0 Å². The lowest BCUT2D eigenvalue weighted by atomic mass is 10.2. The summed E-state index contributed by atoms with van der Waals surface area (Å²) >= 11 is 8.70. The third-order valence-electron chi connectivity index (χ3n) is 1.83.